The molecule has 0 N–H and O–H groups in total. The fraction of sp³-hybridized carbons (Fsp3) is 0.429. The van der Waals surface area contributed by atoms with E-state index in [-0.39, 0.29) is 38.2 Å². The number of halogens is 2. The number of ether oxygens (including phenoxy) is 4. The molecular weight excluding hydrogens is 335 g/mol. The van der Waals surface area contributed by atoms with Gasteiger partial charge in [-0.15, -0.1) is 23.2 Å². The second-order valence-corrected chi connectivity index (χ2v) is 4.41. The molecule has 0 aromatic heterocycles. The second-order valence-electron chi connectivity index (χ2n) is 3.88. The quantitative estimate of drug-likeness (QED) is 0.365. The molecule has 8 heteroatoms. The number of benzene rings is 1. The predicted molar refractivity (Wildman–Crippen MR) is 80.8 cm³/mol. The van der Waals surface area contributed by atoms with Crippen LogP contribution in [0.4, 0.5) is 0 Å². The standard InChI is InChI=1S/C14H16Cl2O6/c15-9-13(17)21-7-5-19-11-1-2-12(4-3-11)20-6-8-22-14(18)10-16/h1-4H,5-10H2. The molecule has 1 aromatic carbocycles. The zero-order valence-electron chi connectivity index (χ0n) is 11.8. The lowest BCUT2D eigenvalue weighted by molar-refractivity contribution is -0.142. The first-order chi connectivity index (χ1) is 10.7. The molecule has 0 aliphatic heterocycles. The molecule has 6 nitrogen and oxygen atoms in total. The van der Waals surface area contributed by atoms with Crippen molar-refractivity contribution >= 4 is 35.1 Å². The monoisotopic (exact) mass is 350 g/mol. The van der Waals surface area contributed by atoms with Gasteiger partial charge in [-0.25, -0.2) is 0 Å². The van der Waals surface area contributed by atoms with Crippen LogP contribution in [0.2, 0.25) is 0 Å². The van der Waals surface area contributed by atoms with Crippen molar-refractivity contribution in [3.05, 3.63) is 24.3 Å². The molecule has 0 spiro atoms. The van der Waals surface area contributed by atoms with Gasteiger partial charge in [0.25, 0.3) is 0 Å². The minimum absolute atomic E-state index is 0.135. The Morgan fingerprint density at radius 1 is 0.727 bits per heavy atom. The van der Waals surface area contributed by atoms with Gasteiger partial charge in [-0.05, 0) is 24.3 Å². The van der Waals surface area contributed by atoms with Gasteiger partial charge >= 0.3 is 11.9 Å². The van der Waals surface area contributed by atoms with Crippen molar-refractivity contribution in [3.63, 3.8) is 0 Å². The summed E-state index contributed by atoms with van der Waals surface area (Å²) in [5.74, 6) is -0.0863. The van der Waals surface area contributed by atoms with Gasteiger partial charge in [0.1, 0.15) is 49.7 Å². The summed E-state index contributed by atoms with van der Waals surface area (Å²) in [6, 6.07) is 6.85. The molecule has 0 aliphatic carbocycles. The highest BCUT2D eigenvalue weighted by molar-refractivity contribution is 6.26. The van der Waals surface area contributed by atoms with E-state index in [1.807, 2.05) is 0 Å². The van der Waals surface area contributed by atoms with E-state index in [1.165, 1.54) is 0 Å². The number of carbonyl (C=O) groups excluding carboxylic acids is 2. The number of carbonyl (C=O) groups is 2. The SMILES string of the molecule is O=C(CCl)OCCOc1ccc(OCCOC(=O)CCl)cc1. The van der Waals surface area contributed by atoms with Crippen LogP contribution in [0.5, 0.6) is 11.5 Å². The highest BCUT2D eigenvalue weighted by Crippen LogP contribution is 2.17. The van der Waals surface area contributed by atoms with Gasteiger partial charge in [0.15, 0.2) is 0 Å². The van der Waals surface area contributed by atoms with Gasteiger partial charge in [0.05, 0.1) is 0 Å². The Labute approximate surface area is 138 Å². The Kier molecular flexibility index (Phi) is 9.18. The summed E-state index contributed by atoms with van der Waals surface area (Å²) < 4.78 is 20.3. The average Bonchev–Trinajstić information content (AvgIpc) is 2.56. The predicted octanol–water partition coefficient (Wildman–Crippen LogP) is 2.01. The molecule has 122 valence electrons. The maximum Gasteiger partial charge on any atom is 0.320 e. The van der Waals surface area contributed by atoms with Crippen molar-refractivity contribution < 1.29 is 28.5 Å². The van der Waals surface area contributed by atoms with Crippen LogP contribution in [-0.2, 0) is 19.1 Å². The summed E-state index contributed by atoms with van der Waals surface area (Å²) in [6.07, 6.45) is 0. The lowest BCUT2D eigenvalue weighted by atomic mass is 10.3. The maximum atomic E-state index is 10.8. The third-order valence-corrected chi connectivity index (χ3v) is 2.71. The summed E-state index contributed by atoms with van der Waals surface area (Å²) in [5, 5.41) is 0. The highest BCUT2D eigenvalue weighted by Gasteiger charge is 2.01. The zero-order chi connectivity index (χ0) is 16.2. The van der Waals surface area contributed by atoms with E-state index in [9.17, 15) is 9.59 Å². The van der Waals surface area contributed by atoms with Gasteiger partial charge in [-0.3, -0.25) is 9.59 Å². The Morgan fingerprint density at radius 2 is 1.09 bits per heavy atom. The Balaban J connectivity index is 2.19. The van der Waals surface area contributed by atoms with Gasteiger partial charge in [-0.1, -0.05) is 0 Å². The summed E-state index contributed by atoms with van der Waals surface area (Å²) >= 11 is 10.6. The van der Waals surface area contributed by atoms with Crippen molar-refractivity contribution in [3.8, 4) is 11.5 Å². The van der Waals surface area contributed by atoms with Crippen LogP contribution < -0.4 is 9.47 Å². The first-order valence-electron chi connectivity index (χ1n) is 6.44. The van der Waals surface area contributed by atoms with Crippen molar-refractivity contribution in [2.75, 3.05) is 38.2 Å². The van der Waals surface area contributed by atoms with Gasteiger partial charge in [0, 0.05) is 0 Å². The van der Waals surface area contributed by atoms with Crippen molar-refractivity contribution in [2.45, 2.75) is 0 Å². The van der Waals surface area contributed by atoms with Gasteiger partial charge in [-0.2, -0.15) is 0 Å². The number of hydrogen-bond donors (Lipinski definition) is 0. The normalized spacial score (nSPS) is 9.91. The Morgan fingerprint density at radius 3 is 1.41 bits per heavy atom. The molecule has 0 atom stereocenters. The second kappa shape index (κ2) is 11.0. The Bertz CT molecular complexity index is 420. The molecule has 0 amide bonds. The summed E-state index contributed by atoms with van der Waals surface area (Å²) in [4.78, 5) is 21.6. The van der Waals surface area contributed by atoms with E-state index < -0.39 is 11.9 Å². The summed E-state index contributed by atoms with van der Waals surface area (Å²) in [5.41, 5.74) is 0. The lowest BCUT2D eigenvalue weighted by Gasteiger charge is -2.09. The van der Waals surface area contributed by atoms with Crippen LogP contribution >= 0.6 is 23.2 Å². The van der Waals surface area contributed by atoms with Crippen LogP contribution in [0, 0.1) is 0 Å². The number of hydrogen-bond acceptors (Lipinski definition) is 6. The smallest absolute Gasteiger partial charge is 0.320 e. The summed E-state index contributed by atoms with van der Waals surface area (Å²) in [6.45, 7) is 0.736. The third kappa shape index (κ3) is 7.95. The van der Waals surface area contributed by atoms with Crippen molar-refractivity contribution in [2.24, 2.45) is 0 Å². The van der Waals surface area contributed by atoms with Crippen LogP contribution in [-0.4, -0.2) is 50.1 Å². The molecule has 1 rings (SSSR count). The zero-order valence-corrected chi connectivity index (χ0v) is 13.3. The fourth-order valence-corrected chi connectivity index (χ4v) is 1.49. The number of alkyl halides is 2. The van der Waals surface area contributed by atoms with E-state index in [2.05, 4.69) is 0 Å². The lowest BCUT2D eigenvalue weighted by Crippen LogP contribution is -2.13. The molecule has 0 saturated carbocycles. The minimum atomic E-state index is -0.483. The number of rotatable bonds is 10. The van der Waals surface area contributed by atoms with E-state index in [0.717, 1.165) is 0 Å². The Hall–Kier alpha value is -1.66. The van der Waals surface area contributed by atoms with E-state index >= 15 is 0 Å². The van der Waals surface area contributed by atoms with Crippen LogP contribution in [0.15, 0.2) is 24.3 Å². The fourth-order valence-electron chi connectivity index (χ4n) is 1.34. The molecule has 0 heterocycles. The minimum Gasteiger partial charge on any atom is -0.490 e. The highest BCUT2D eigenvalue weighted by atomic mass is 35.5. The van der Waals surface area contributed by atoms with E-state index in [0.29, 0.717) is 11.5 Å². The van der Waals surface area contributed by atoms with Crippen molar-refractivity contribution in [1.29, 1.82) is 0 Å². The molecule has 0 unspecified atom stereocenters. The number of esters is 2. The molecule has 22 heavy (non-hydrogen) atoms. The maximum absolute atomic E-state index is 10.8. The third-order valence-electron chi connectivity index (χ3n) is 2.27. The molecule has 0 saturated heterocycles. The van der Waals surface area contributed by atoms with E-state index in [4.69, 9.17) is 42.1 Å². The molecule has 1 aromatic rings. The van der Waals surface area contributed by atoms with Crippen molar-refractivity contribution in [1.82, 2.24) is 0 Å². The average molecular weight is 351 g/mol. The van der Waals surface area contributed by atoms with Crippen LogP contribution in [0.1, 0.15) is 0 Å². The first kappa shape index (κ1) is 18.4. The molecular formula is C14H16Cl2O6. The topological polar surface area (TPSA) is 71.1 Å². The van der Waals surface area contributed by atoms with Gasteiger partial charge < -0.3 is 18.9 Å². The van der Waals surface area contributed by atoms with Crippen LogP contribution in [0.25, 0.3) is 0 Å². The van der Waals surface area contributed by atoms with E-state index in [1.54, 1.807) is 24.3 Å². The van der Waals surface area contributed by atoms with Crippen LogP contribution in [0.3, 0.4) is 0 Å². The summed E-state index contributed by atoms with van der Waals surface area (Å²) in [7, 11) is 0. The first-order valence-corrected chi connectivity index (χ1v) is 7.51. The molecule has 0 radical (unpaired) electrons. The molecule has 0 bridgehead atoms. The largest absolute Gasteiger partial charge is 0.490 e. The molecule has 0 fully saturated rings. The molecule has 0 aliphatic rings. The van der Waals surface area contributed by atoms with Gasteiger partial charge in [0.2, 0.25) is 0 Å².